The minimum atomic E-state index is -1.62. The average Bonchev–Trinajstić information content (AvgIpc) is 3.63. The van der Waals surface area contributed by atoms with Crippen molar-refractivity contribution in [2.45, 2.75) is 32.6 Å². The largest absolute Gasteiger partial charge is 0.513 e. The highest BCUT2D eigenvalue weighted by atomic mass is 31.2. The van der Waals surface area contributed by atoms with E-state index in [-0.39, 0.29) is 23.8 Å². The third-order valence-corrected chi connectivity index (χ3v) is 7.99. The monoisotopic (exact) mass is 611 g/mol. The van der Waals surface area contributed by atoms with E-state index in [1.165, 1.54) is 12.1 Å². The molecule has 0 bridgehead atoms. The first-order chi connectivity index (χ1) is 20.4. The zero-order valence-corrected chi connectivity index (χ0v) is 25.6. The smallest absolute Gasteiger partial charge is 0.290 e. The number of imidazole rings is 1. The van der Waals surface area contributed by atoms with E-state index in [4.69, 9.17) is 15.0 Å². The van der Waals surface area contributed by atoms with Crippen molar-refractivity contribution in [2.24, 2.45) is 0 Å². The van der Waals surface area contributed by atoms with Crippen LogP contribution >= 0.6 is 6.89 Å². The lowest BCUT2D eigenvalue weighted by Crippen LogP contribution is -2.26. The molecule has 10 heteroatoms. The molecule has 4 rings (SSSR count). The molecule has 2 aromatic carbocycles. The van der Waals surface area contributed by atoms with Gasteiger partial charge in [-0.05, 0) is 66.4 Å². The van der Waals surface area contributed by atoms with Crippen molar-refractivity contribution in [3.63, 3.8) is 0 Å². The summed E-state index contributed by atoms with van der Waals surface area (Å²) < 4.78 is 44.3. The molecule has 0 saturated heterocycles. The maximum absolute atomic E-state index is 15.2. The van der Waals surface area contributed by atoms with Gasteiger partial charge in [0.25, 0.3) is 6.47 Å². The molecule has 0 saturated carbocycles. The van der Waals surface area contributed by atoms with Gasteiger partial charge in [-0.25, -0.2) is 18.2 Å². The van der Waals surface area contributed by atoms with Crippen LogP contribution in [-0.4, -0.2) is 57.4 Å². The number of aromatic nitrogens is 3. The fourth-order valence-corrected chi connectivity index (χ4v) is 6.06. The average molecular weight is 612 g/mol. The Morgan fingerprint density at radius 3 is 2.53 bits per heavy atom. The van der Waals surface area contributed by atoms with E-state index in [2.05, 4.69) is 34.6 Å². The number of allylic oxidation sites excluding steroid dienone is 1. The molecule has 0 aliphatic carbocycles. The normalized spacial score (nSPS) is 13.7. The van der Waals surface area contributed by atoms with Crippen LogP contribution in [0.1, 0.15) is 48.6 Å². The van der Waals surface area contributed by atoms with Crippen molar-refractivity contribution in [3.8, 4) is 11.4 Å². The molecule has 0 fully saturated rings. The van der Waals surface area contributed by atoms with Crippen molar-refractivity contribution in [2.75, 3.05) is 19.5 Å². The highest BCUT2D eigenvalue weighted by molar-refractivity contribution is 7.72. The molecule has 1 unspecified atom stereocenters. The van der Waals surface area contributed by atoms with E-state index in [0.717, 1.165) is 22.8 Å². The lowest BCUT2D eigenvalue weighted by molar-refractivity contribution is -0.122. The van der Waals surface area contributed by atoms with E-state index >= 15 is 8.78 Å². The highest BCUT2D eigenvalue weighted by Crippen LogP contribution is 2.40. The van der Waals surface area contributed by atoms with E-state index in [1.807, 2.05) is 26.0 Å². The van der Waals surface area contributed by atoms with Crippen molar-refractivity contribution in [1.82, 2.24) is 15.0 Å². The molecule has 0 spiro atoms. The number of aliphatic hydroxyl groups excluding tert-OH is 1. The van der Waals surface area contributed by atoms with Gasteiger partial charge in [-0.15, -0.1) is 13.2 Å². The van der Waals surface area contributed by atoms with Gasteiger partial charge in [0, 0.05) is 40.6 Å². The Balaban J connectivity index is 0.00000162. The molecule has 4 N–H and O–H groups in total. The van der Waals surface area contributed by atoms with Crippen molar-refractivity contribution < 1.29 is 28.2 Å². The van der Waals surface area contributed by atoms with Gasteiger partial charge >= 0.3 is 0 Å². The number of aliphatic hydroxyl groups is 1. The predicted octanol–water partition coefficient (Wildman–Crippen LogP) is 6.55. The zero-order chi connectivity index (χ0) is 31.7. The van der Waals surface area contributed by atoms with Crippen LogP contribution in [0.5, 0.6) is 0 Å². The molecule has 4 aromatic rings. The summed E-state index contributed by atoms with van der Waals surface area (Å²) in [7, 11) is 0. The minimum Gasteiger partial charge on any atom is -0.513 e. The molecule has 0 amide bonds. The van der Waals surface area contributed by atoms with Crippen LogP contribution in [-0.2, 0) is 11.2 Å². The first kappa shape index (κ1) is 33.3. The second kappa shape index (κ2) is 14.8. The molecule has 0 aliphatic rings. The van der Waals surface area contributed by atoms with Gasteiger partial charge in [0.1, 0.15) is 23.7 Å². The number of hydrogen-bond donors (Lipinski definition) is 4. The number of halogens is 3. The minimum absolute atomic E-state index is 0.217. The molecule has 43 heavy (non-hydrogen) atoms. The van der Waals surface area contributed by atoms with E-state index in [1.54, 1.807) is 36.7 Å². The maximum atomic E-state index is 15.2. The molecule has 2 aromatic heterocycles. The number of aryl methyl sites for hydroxylation is 1. The van der Waals surface area contributed by atoms with Crippen molar-refractivity contribution in [3.05, 3.63) is 112 Å². The SMILES string of the molecule is C=P(C)(C)C\C(c1ccc(F)c(-c2ncc(C(C)c3cccc(CCC)c3F)[nH]2)c1)=c1/cc[nH]/c1=C/C(F)=C/O.O=CO. The number of carboxylic acid groups (broad SMARTS) is 1. The predicted molar refractivity (Wildman–Crippen MR) is 170 cm³/mol. The summed E-state index contributed by atoms with van der Waals surface area (Å²) in [6, 6.07) is 12.1. The van der Waals surface area contributed by atoms with Gasteiger partial charge in [-0.3, -0.25) is 4.79 Å². The van der Waals surface area contributed by atoms with E-state index < -0.39 is 18.5 Å². The van der Waals surface area contributed by atoms with Gasteiger partial charge in [-0.2, -0.15) is 0 Å². The quantitative estimate of drug-likeness (QED) is 0.0980. The third kappa shape index (κ3) is 8.42. The van der Waals surface area contributed by atoms with Crippen LogP contribution in [0.2, 0.25) is 0 Å². The number of rotatable bonds is 9. The van der Waals surface area contributed by atoms with E-state index in [9.17, 15) is 4.39 Å². The van der Waals surface area contributed by atoms with Crippen LogP contribution in [0.25, 0.3) is 23.0 Å². The number of hydrogen-bond acceptors (Lipinski definition) is 3. The molecule has 1 atom stereocenters. The molecular formula is C33H37F3N3O3P. The van der Waals surface area contributed by atoms with Gasteiger partial charge in [0.2, 0.25) is 0 Å². The van der Waals surface area contributed by atoms with Gasteiger partial charge in [0.15, 0.2) is 5.83 Å². The van der Waals surface area contributed by atoms with Gasteiger partial charge in [-0.1, -0.05) is 44.5 Å². The summed E-state index contributed by atoms with van der Waals surface area (Å²) in [5.74, 6) is -1.43. The Hall–Kier alpha value is -4.23. The first-order valence-corrected chi connectivity index (χ1v) is 16.7. The number of benzene rings is 2. The number of nitrogens with zero attached hydrogens (tertiary/aromatic N) is 1. The topological polar surface area (TPSA) is 102 Å². The first-order valence-electron chi connectivity index (χ1n) is 13.7. The molecule has 228 valence electrons. The number of H-pyrrole nitrogens is 2. The standard InChI is InChI=1S/C32H35F3N3OP.CH2O2/c1-6-8-21-9-7-10-24(31(21)35)20(2)30-17-37-32(38-30)26-15-22(11-12-28(26)34)27(19-40(3,4)5)25-13-14-36-29(25)16-23(33)18-39;2-1-3/h7,9-18,20,36,39H,3,6,8,19H2,1-2,4-5H3,(H,37,38);1H,(H,2,3)/b23-18-,27-25-,29-16+;. The molecule has 2 heterocycles. The summed E-state index contributed by atoms with van der Waals surface area (Å²) in [5.41, 5.74) is 3.82. The van der Waals surface area contributed by atoms with Crippen LogP contribution in [0.4, 0.5) is 13.2 Å². The van der Waals surface area contributed by atoms with Crippen LogP contribution in [0.3, 0.4) is 0 Å². The van der Waals surface area contributed by atoms with Gasteiger partial charge < -0.3 is 20.2 Å². The van der Waals surface area contributed by atoms with Crippen LogP contribution in [0, 0.1) is 11.6 Å². The van der Waals surface area contributed by atoms with Crippen LogP contribution in [0.15, 0.2) is 66.9 Å². The molecular weight excluding hydrogens is 574 g/mol. The Morgan fingerprint density at radius 2 is 1.88 bits per heavy atom. The second-order valence-electron chi connectivity index (χ2n) is 10.8. The Bertz CT molecular complexity index is 1770. The summed E-state index contributed by atoms with van der Waals surface area (Å²) in [5, 5.41) is 17.2. The Kier molecular flexibility index (Phi) is 11.4. The van der Waals surface area contributed by atoms with E-state index in [0.29, 0.717) is 46.8 Å². The summed E-state index contributed by atoms with van der Waals surface area (Å²) in [6.45, 7) is 6.23. The fraction of sp³-hybridized carbons (Fsp3) is 0.242. The molecule has 6 nitrogen and oxygen atoms in total. The Labute approximate surface area is 249 Å². The van der Waals surface area contributed by atoms with Crippen molar-refractivity contribution in [1.29, 1.82) is 0 Å². The summed E-state index contributed by atoms with van der Waals surface area (Å²) >= 11 is 0. The van der Waals surface area contributed by atoms with Gasteiger partial charge in [0.05, 0.1) is 5.56 Å². The summed E-state index contributed by atoms with van der Waals surface area (Å²) in [4.78, 5) is 19.0. The molecule has 0 radical (unpaired) electrons. The third-order valence-electron chi connectivity index (χ3n) is 6.82. The zero-order valence-electron chi connectivity index (χ0n) is 24.7. The lowest BCUT2D eigenvalue weighted by atomic mass is 9.94. The second-order valence-corrected chi connectivity index (χ2v) is 15.0. The number of aromatic amines is 2. The fourth-order valence-electron chi connectivity index (χ4n) is 4.85. The highest BCUT2D eigenvalue weighted by Gasteiger charge is 2.20. The summed E-state index contributed by atoms with van der Waals surface area (Å²) in [6.07, 6.45) is 11.4. The van der Waals surface area contributed by atoms with Crippen molar-refractivity contribution >= 4 is 31.3 Å². The molecule has 0 aliphatic heterocycles. The number of carbonyl (C=O) groups is 1. The maximum Gasteiger partial charge on any atom is 0.290 e. The lowest BCUT2D eigenvalue weighted by Gasteiger charge is -2.17. The van der Waals surface area contributed by atoms with Crippen LogP contribution < -0.4 is 10.6 Å². The Morgan fingerprint density at radius 1 is 1.16 bits per heavy atom. The number of nitrogens with one attached hydrogen (secondary N) is 2.